The summed E-state index contributed by atoms with van der Waals surface area (Å²) in [6.45, 7) is 0. The van der Waals surface area contributed by atoms with Gasteiger partial charge in [0.25, 0.3) is 5.96 Å². The van der Waals surface area contributed by atoms with Crippen LogP contribution in [0.5, 0.6) is 0 Å². The van der Waals surface area contributed by atoms with Gasteiger partial charge >= 0.3 is 0 Å². The molecule has 5 nitrogen and oxygen atoms in total. The van der Waals surface area contributed by atoms with E-state index in [0.29, 0.717) is 11.4 Å². The van der Waals surface area contributed by atoms with Gasteiger partial charge in [-0.05, 0) is 11.2 Å². The highest BCUT2D eigenvalue weighted by Gasteiger charge is 2.17. The first-order chi connectivity index (χ1) is 6.31. The Morgan fingerprint density at radius 2 is 2.23 bits per heavy atom. The smallest absolute Gasteiger partial charge is 0.283 e. The van der Waals surface area contributed by atoms with Crippen LogP contribution in [0.2, 0.25) is 0 Å². The average Bonchev–Trinajstić information content (AvgIpc) is 2.18. The van der Waals surface area contributed by atoms with E-state index in [1.54, 1.807) is 24.3 Å². The number of nitrogens with one attached hydrogen (secondary N) is 3. The highest BCUT2D eigenvalue weighted by atomic mass is 19.2. The molecule has 0 aliphatic carbocycles. The van der Waals surface area contributed by atoms with Gasteiger partial charge in [-0.2, -0.15) is 5.54 Å². The molecule has 1 atom stereocenters. The molecule has 0 saturated carbocycles. The lowest BCUT2D eigenvalue weighted by molar-refractivity contribution is -0.783. The van der Waals surface area contributed by atoms with Gasteiger partial charge in [0.15, 0.2) is 5.69 Å². The van der Waals surface area contributed by atoms with E-state index < -0.39 is 5.17 Å². The normalized spacial score (nSPS) is 19.8. The number of rotatable bonds is 0. The van der Waals surface area contributed by atoms with Gasteiger partial charge in [0, 0.05) is 6.07 Å². The van der Waals surface area contributed by atoms with Crippen molar-refractivity contribution in [2.75, 3.05) is 5.32 Å². The molecule has 0 bridgehead atoms. The van der Waals surface area contributed by atoms with E-state index in [0.717, 1.165) is 0 Å². The van der Waals surface area contributed by atoms with Gasteiger partial charge in [-0.15, -0.1) is 0 Å². The molecule has 1 aromatic rings. The lowest BCUT2D eigenvalue weighted by atomic mass is 10.2. The third-order valence-corrected chi connectivity index (χ3v) is 1.71. The molecule has 0 amide bonds. The monoisotopic (exact) mass is 182 g/mol. The third-order valence-electron chi connectivity index (χ3n) is 1.71. The molecule has 0 spiro atoms. The van der Waals surface area contributed by atoms with Crippen LogP contribution in [0.4, 0.5) is 15.9 Å². The summed E-state index contributed by atoms with van der Waals surface area (Å²) in [7, 11) is 0. The Morgan fingerprint density at radius 3 is 3.00 bits per heavy atom. The number of nitrogens with zero attached hydrogens (tertiary/aromatic N) is 1. The average molecular weight is 182 g/mol. The van der Waals surface area contributed by atoms with Gasteiger partial charge in [0.1, 0.15) is 5.69 Å². The second kappa shape index (κ2) is 3.00. The van der Waals surface area contributed by atoms with Crippen molar-refractivity contribution >= 4 is 17.3 Å². The molecule has 1 aliphatic rings. The van der Waals surface area contributed by atoms with E-state index in [9.17, 15) is 9.69 Å². The Balaban J connectivity index is 2.40. The Bertz CT molecular complexity index is 354. The number of para-hydroxylation sites is 1. The molecule has 1 heterocycles. The fraction of sp³-hybridized carbons (Fsp3) is 0. The van der Waals surface area contributed by atoms with Gasteiger partial charge in [-0.25, -0.2) is 5.17 Å². The Labute approximate surface area is 73.4 Å². The molecule has 1 aliphatic heterocycles. The Hall–Kier alpha value is -1.66. The molecular weight excluding hydrogens is 175 g/mol. The number of anilines is 1. The SMILES string of the molecule is [O-][NH+]1N=C(NF)Nc2ccccc21. The molecular formula is C7H7FN4O. The summed E-state index contributed by atoms with van der Waals surface area (Å²) in [6, 6.07) is 6.78. The Morgan fingerprint density at radius 1 is 1.46 bits per heavy atom. The van der Waals surface area contributed by atoms with E-state index in [1.807, 2.05) is 0 Å². The summed E-state index contributed by atoms with van der Waals surface area (Å²) in [5.41, 5.74) is 2.30. The van der Waals surface area contributed by atoms with E-state index in [1.165, 1.54) is 5.54 Å². The first-order valence-electron chi connectivity index (χ1n) is 3.67. The molecule has 0 saturated heterocycles. The summed E-state index contributed by atoms with van der Waals surface area (Å²) in [4.78, 5) is 0. The fourth-order valence-corrected chi connectivity index (χ4v) is 1.14. The van der Waals surface area contributed by atoms with Gasteiger partial charge in [0.2, 0.25) is 0 Å². The van der Waals surface area contributed by atoms with Crippen molar-refractivity contribution in [2.24, 2.45) is 5.10 Å². The summed E-state index contributed by atoms with van der Waals surface area (Å²) >= 11 is 0. The lowest BCUT2D eigenvalue weighted by Gasteiger charge is -2.23. The minimum Gasteiger partial charge on any atom is -0.601 e. The van der Waals surface area contributed by atoms with Crippen LogP contribution in [0, 0.1) is 5.21 Å². The number of hydrogen-bond acceptors (Lipinski definition) is 4. The quantitative estimate of drug-likeness (QED) is 0.387. The molecule has 3 N–H and O–H groups in total. The maximum absolute atomic E-state index is 12.0. The minimum atomic E-state index is -0.450. The van der Waals surface area contributed by atoms with Crippen LogP contribution in [-0.2, 0) is 0 Å². The largest absolute Gasteiger partial charge is 0.601 e. The zero-order chi connectivity index (χ0) is 9.26. The fourth-order valence-electron chi connectivity index (χ4n) is 1.14. The number of quaternary nitrogens is 1. The Kier molecular flexibility index (Phi) is 1.84. The summed E-state index contributed by atoms with van der Waals surface area (Å²) < 4.78 is 12.0. The van der Waals surface area contributed by atoms with Crippen LogP contribution in [0.25, 0.3) is 0 Å². The topological polar surface area (TPSA) is 63.9 Å². The zero-order valence-corrected chi connectivity index (χ0v) is 6.54. The van der Waals surface area contributed by atoms with Crippen molar-refractivity contribution in [1.82, 2.24) is 5.54 Å². The second-order valence-corrected chi connectivity index (χ2v) is 2.53. The van der Waals surface area contributed by atoms with Gasteiger partial charge < -0.3 is 10.5 Å². The van der Waals surface area contributed by atoms with Crippen molar-refractivity contribution in [2.45, 2.75) is 0 Å². The van der Waals surface area contributed by atoms with Crippen LogP contribution in [0.15, 0.2) is 29.4 Å². The maximum Gasteiger partial charge on any atom is 0.283 e. The van der Waals surface area contributed by atoms with Crippen molar-refractivity contribution < 1.29 is 9.65 Å². The molecule has 2 rings (SSSR count). The molecule has 0 aromatic heterocycles. The van der Waals surface area contributed by atoms with Crippen LogP contribution in [-0.4, -0.2) is 5.96 Å². The standard InChI is InChI=1S/C7H7FN4O/c8-10-7-9-5-3-1-2-4-6(5)12(13)11-7/h1-4,12H,(H2,9,10,11). The molecule has 0 radical (unpaired) electrons. The number of halogens is 1. The van der Waals surface area contributed by atoms with E-state index in [4.69, 9.17) is 0 Å². The number of hydrogen-bond donors (Lipinski definition) is 3. The van der Waals surface area contributed by atoms with E-state index >= 15 is 0 Å². The second-order valence-electron chi connectivity index (χ2n) is 2.53. The molecule has 1 unspecified atom stereocenters. The van der Waals surface area contributed by atoms with Gasteiger partial charge in [-0.1, -0.05) is 16.6 Å². The lowest BCUT2D eigenvalue weighted by Crippen LogP contribution is -2.98. The number of fused-ring (bicyclic) bond motifs is 1. The first-order valence-corrected chi connectivity index (χ1v) is 3.67. The minimum absolute atomic E-state index is 0.177. The molecule has 13 heavy (non-hydrogen) atoms. The molecule has 6 heteroatoms. The van der Waals surface area contributed by atoms with Gasteiger partial charge in [-0.3, -0.25) is 0 Å². The maximum atomic E-state index is 12.0. The van der Waals surface area contributed by atoms with Crippen LogP contribution in [0.3, 0.4) is 0 Å². The van der Waals surface area contributed by atoms with Crippen LogP contribution < -0.4 is 16.0 Å². The first kappa shape index (κ1) is 7.96. The van der Waals surface area contributed by atoms with Crippen LogP contribution >= 0.6 is 0 Å². The van der Waals surface area contributed by atoms with E-state index in [-0.39, 0.29) is 5.96 Å². The van der Waals surface area contributed by atoms with Crippen LogP contribution in [0.1, 0.15) is 0 Å². The molecule has 1 aromatic carbocycles. The van der Waals surface area contributed by atoms with Crippen molar-refractivity contribution in [3.63, 3.8) is 0 Å². The van der Waals surface area contributed by atoms with Crippen molar-refractivity contribution in [3.05, 3.63) is 29.5 Å². The molecule has 0 fully saturated rings. The predicted octanol–water partition coefficient (Wildman–Crippen LogP) is -0.129. The van der Waals surface area contributed by atoms with Crippen molar-refractivity contribution in [1.29, 1.82) is 0 Å². The third kappa shape index (κ3) is 1.32. The summed E-state index contributed by atoms with van der Waals surface area (Å²) in [5.74, 6) is -0.177. The zero-order valence-electron chi connectivity index (χ0n) is 6.54. The summed E-state index contributed by atoms with van der Waals surface area (Å²) in [5, 5.41) is 16.8. The van der Waals surface area contributed by atoms with Crippen molar-refractivity contribution in [3.8, 4) is 0 Å². The van der Waals surface area contributed by atoms with E-state index in [2.05, 4.69) is 10.4 Å². The molecule has 68 valence electrons. The summed E-state index contributed by atoms with van der Waals surface area (Å²) in [6.07, 6.45) is 0. The predicted molar refractivity (Wildman–Crippen MR) is 45.7 cm³/mol. The number of benzene rings is 1. The van der Waals surface area contributed by atoms with Gasteiger partial charge in [0.05, 0.1) is 0 Å². The number of guanidine groups is 1. The highest BCUT2D eigenvalue weighted by Crippen LogP contribution is 2.18. The highest BCUT2D eigenvalue weighted by molar-refractivity contribution is 5.95.